The third kappa shape index (κ3) is 4.93. The van der Waals surface area contributed by atoms with Crippen LogP contribution in [0.1, 0.15) is 27.0 Å². The third-order valence-electron chi connectivity index (χ3n) is 3.25. The fourth-order valence-corrected chi connectivity index (χ4v) is 2.74. The maximum absolute atomic E-state index is 12.0. The normalized spacial score (nSPS) is 10.3. The van der Waals surface area contributed by atoms with E-state index in [1.165, 1.54) is 0 Å². The molecule has 0 unspecified atom stereocenters. The van der Waals surface area contributed by atoms with Crippen LogP contribution in [0.4, 0.5) is 5.69 Å². The molecule has 0 bridgehead atoms. The first kappa shape index (κ1) is 17.2. The van der Waals surface area contributed by atoms with Gasteiger partial charge < -0.3 is 10.1 Å². The maximum atomic E-state index is 12.0. The minimum absolute atomic E-state index is 0.318. The Morgan fingerprint density at radius 1 is 1.04 bits per heavy atom. The molecule has 1 N–H and O–H groups in total. The Kier molecular flexibility index (Phi) is 5.55. The Balaban J connectivity index is 1.94. The highest BCUT2D eigenvalue weighted by atomic mass is 79.9. The second-order valence-electron chi connectivity index (χ2n) is 5.46. The number of esters is 1. The first-order valence-corrected chi connectivity index (χ1v) is 7.96. The van der Waals surface area contributed by atoms with Crippen LogP contribution in [-0.4, -0.2) is 18.5 Å². The van der Waals surface area contributed by atoms with Crippen LogP contribution in [0.5, 0.6) is 0 Å². The average molecular weight is 376 g/mol. The molecule has 0 aliphatic heterocycles. The van der Waals surface area contributed by atoms with E-state index in [1.807, 2.05) is 39.0 Å². The molecule has 23 heavy (non-hydrogen) atoms. The lowest BCUT2D eigenvalue weighted by atomic mass is 10.1. The topological polar surface area (TPSA) is 55.4 Å². The van der Waals surface area contributed by atoms with Crippen molar-refractivity contribution in [3.05, 3.63) is 63.1 Å². The van der Waals surface area contributed by atoms with E-state index in [0.717, 1.165) is 21.2 Å². The van der Waals surface area contributed by atoms with Crippen molar-refractivity contribution >= 4 is 33.5 Å². The Hall–Kier alpha value is -2.14. The van der Waals surface area contributed by atoms with E-state index in [4.69, 9.17) is 4.74 Å². The van der Waals surface area contributed by atoms with Crippen molar-refractivity contribution in [3.63, 3.8) is 0 Å². The number of amides is 1. The minimum Gasteiger partial charge on any atom is -0.452 e. The summed E-state index contributed by atoms with van der Waals surface area (Å²) in [5.41, 5.74) is 4.03. The van der Waals surface area contributed by atoms with Crippen LogP contribution in [0.3, 0.4) is 0 Å². The summed E-state index contributed by atoms with van der Waals surface area (Å²) in [6, 6.07) is 11.0. The standard InChI is InChI=1S/C18H18BrNO3/c1-11-6-12(2)8-14(7-11)18(22)23-10-17(21)20-16-5-4-15(19)9-13(16)3/h4-9H,10H2,1-3H3,(H,20,21). The molecular weight excluding hydrogens is 358 g/mol. The number of anilines is 1. The summed E-state index contributed by atoms with van der Waals surface area (Å²) >= 11 is 3.37. The molecule has 0 radical (unpaired) electrons. The van der Waals surface area contributed by atoms with Gasteiger partial charge in [-0.15, -0.1) is 0 Å². The van der Waals surface area contributed by atoms with Crippen LogP contribution < -0.4 is 5.32 Å². The van der Waals surface area contributed by atoms with E-state index < -0.39 is 5.97 Å². The Labute approximate surface area is 144 Å². The molecule has 0 saturated carbocycles. The van der Waals surface area contributed by atoms with Gasteiger partial charge in [0, 0.05) is 10.2 Å². The molecule has 0 saturated heterocycles. The molecule has 0 aliphatic carbocycles. The number of carbonyl (C=O) groups excluding carboxylic acids is 2. The van der Waals surface area contributed by atoms with E-state index in [1.54, 1.807) is 18.2 Å². The fourth-order valence-electron chi connectivity index (χ4n) is 2.26. The number of hydrogen-bond donors (Lipinski definition) is 1. The van der Waals surface area contributed by atoms with Crippen LogP contribution in [-0.2, 0) is 9.53 Å². The molecular formula is C18H18BrNO3. The summed E-state index contributed by atoms with van der Waals surface area (Å²) < 4.78 is 6.01. The second-order valence-corrected chi connectivity index (χ2v) is 6.38. The lowest BCUT2D eigenvalue weighted by Crippen LogP contribution is -2.21. The zero-order chi connectivity index (χ0) is 17.0. The molecule has 0 atom stereocenters. The predicted molar refractivity (Wildman–Crippen MR) is 93.7 cm³/mol. The number of rotatable bonds is 4. The van der Waals surface area contributed by atoms with Crippen molar-refractivity contribution in [1.29, 1.82) is 0 Å². The van der Waals surface area contributed by atoms with Gasteiger partial charge in [-0.25, -0.2) is 4.79 Å². The zero-order valence-corrected chi connectivity index (χ0v) is 14.9. The zero-order valence-electron chi connectivity index (χ0n) is 13.3. The van der Waals surface area contributed by atoms with Gasteiger partial charge in [0.05, 0.1) is 5.56 Å². The molecule has 5 heteroatoms. The van der Waals surface area contributed by atoms with Crippen LogP contribution in [0.15, 0.2) is 40.9 Å². The number of halogens is 1. The van der Waals surface area contributed by atoms with Gasteiger partial charge in [-0.1, -0.05) is 33.1 Å². The largest absolute Gasteiger partial charge is 0.452 e. The maximum Gasteiger partial charge on any atom is 0.338 e. The summed E-state index contributed by atoms with van der Waals surface area (Å²) in [4.78, 5) is 23.9. The minimum atomic E-state index is -0.500. The SMILES string of the molecule is Cc1cc(C)cc(C(=O)OCC(=O)Nc2ccc(Br)cc2C)c1. The van der Waals surface area contributed by atoms with Gasteiger partial charge in [0.2, 0.25) is 0 Å². The van der Waals surface area contributed by atoms with E-state index in [-0.39, 0.29) is 12.5 Å². The molecule has 120 valence electrons. The highest BCUT2D eigenvalue weighted by molar-refractivity contribution is 9.10. The van der Waals surface area contributed by atoms with Gasteiger partial charge in [-0.05, 0) is 56.7 Å². The quantitative estimate of drug-likeness (QED) is 0.815. The summed E-state index contributed by atoms with van der Waals surface area (Å²) in [5, 5.41) is 2.73. The van der Waals surface area contributed by atoms with Crippen molar-refractivity contribution < 1.29 is 14.3 Å². The molecule has 0 heterocycles. The van der Waals surface area contributed by atoms with Crippen LogP contribution in [0.25, 0.3) is 0 Å². The molecule has 2 aromatic carbocycles. The monoisotopic (exact) mass is 375 g/mol. The third-order valence-corrected chi connectivity index (χ3v) is 3.75. The van der Waals surface area contributed by atoms with Gasteiger partial charge in [-0.2, -0.15) is 0 Å². The number of aryl methyl sites for hydroxylation is 3. The summed E-state index contributed by atoms with van der Waals surface area (Å²) in [6.45, 7) is 5.39. The van der Waals surface area contributed by atoms with Gasteiger partial charge in [0.25, 0.3) is 5.91 Å². The van der Waals surface area contributed by atoms with E-state index >= 15 is 0 Å². The fraction of sp³-hybridized carbons (Fsp3) is 0.222. The average Bonchev–Trinajstić information content (AvgIpc) is 2.46. The number of nitrogens with one attached hydrogen (secondary N) is 1. The Morgan fingerprint density at radius 2 is 1.70 bits per heavy atom. The molecule has 0 aromatic heterocycles. The number of benzene rings is 2. The van der Waals surface area contributed by atoms with E-state index in [9.17, 15) is 9.59 Å². The van der Waals surface area contributed by atoms with Crippen molar-refractivity contribution in [1.82, 2.24) is 0 Å². The molecule has 0 aliphatic rings. The van der Waals surface area contributed by atoms with Crippen molar-refractivity contribution in [2.24, 2.45) is 0 Å². The molecule has 4 nitrogen and oxygen atoms in total. The van der Waals surface area contributed by atoms with Crippen LogP contribution >= 0.6 is 15.9 Å². The highest BCUT2D eigenvalue weighted by Crippen LogP contribution is 2.20. The summed E-state index contributed by atoms with van der Waals surface area (Å²) in [5.74, 6) is -0.868. The Morgan fingerprint density at radius 3 is 2.30 bits per heavy atom. The van der Waals surface area contributed by atoms with Crippen LogP contribution in [0, 0.1) is 20.8 Å². The van der Waals surface area contributed by atoms with Gasteiger partial charge >= 0.3 is 5.97 Å². The van der Waals surface area contributed by atoms with Gasteiger partial charge in [-0.3, -0.25) is 4.79 Å². The Bertz CT molecular complexity index is 736. The number of ether oxygens (including phenoxy) is 1. The molecule has 2 aromatic rings. The van der Waals surface area contributed by atoms with Gasteiger partial charge in [0.15, 0.2) is 6.61 Å². The second kappa shape index (κ2) is 7.42. The van der Waals surface area contributed by atoms with E-state index in [2.05, 4.69) is 21.2 Å². The summed E-state index contributed by atoms with van der Waals surface area (Å²) in [6.07, 6.45) is 0. The highest BCUT2D eigenvalue weighted by Gasteiger charge is 2.12. The first-order chi connectivity index (χ1) is 10.8. The number of hydrogen-bond acceptors (Lipinski definition) is 3. The lowest BCUT2D eigenvalue weighted by molar-refractivity contribution is -0.119. The predicted octanol–water partition coefficient (Wildman–Crippen LogP) is 4.17. The summed E-state index contributed by atoms with van der Waals surface area (Å²) in [7, 11) is 0. The van der Waals surface area contributed by atoms with Crippen molar-refractivity contribution in [2.45, 2.75) is 20.8 Å². The molecule has 0 fully saturated rings. The smallest absolute Gasteiger partial charge is 0.338 e. The van der Waals surface area contributed by atoms with Gasteiger partial charge in [0.1, 0.15) is 0 Å². The first-order valence-electron chi connectivity index (χ1n) is 7.16. The van der Waals surface area contributed by atoms with E-state index in [0.29, 0.717) is 11.3 Å². The van der Waals surface area contributed by atoms with Crippen molar-refractivity contribution in [3.8, 4) is 0 Å². The van der Waals surface area contributed by atoms with Crippen molar-refractivity contribution in [2.75, 3.05) is 11.9 Å². The van der Waals surface area contributed by atoms with Crippen LogP contribution in [0.2, 0.25) is 0 Å². The molecule has 2 rings (SSSR count). The molecule has 1 amide bonds. The lowest BCUT2D eigenvalue weighted by Gasteiger charge is -2.10. The molecule has 0 spiro atoms. The number of carbonyl (C=O) groups is 2.